The van der Waals surface area contributed by atoms with Crippen molar-refractivity contribution >= 4 is 28.8 Å². The molecule has 0 bridgehead atoms. The molecule has 0 saturated carbocycles. The average molecular weight is 525 g/mol. The first-order chi connectivity index (χ1) is 17.9. The molecular weight excluding hydrogens is 491 g/mol. The van der Waals surface area contributed by atoms with Gasteiger partial charge in [0.05, 0.1) is 13.2 Å². The monoisotopic (exact) mass is 524 g/mol. The van der Waals surface area contributed by atoms with Gasteiger partial charge in [-0.25, -0.2) is 4.39 Å². The smallest absolute Gasteiger partial charge is 0.309 e. The number of hydrogen-bond acceptors (Lipinski definition) is 6. The standard InChI is InChI=1S/C28H33FN4O3S/c1-20(31-28(35)27(34)30-14-13-21-5-11-24(36-2)12-6-21)26(25-4-3-19-37-25)33-17-15-32(16-18-33)23-9-7-22(29)8-10-23/h3-12,19-20,26H,13-18H2,1-2H3,(H,30,34)(H,31,35). The Morgan fingerprint density at radius 2 is 1.70 bits per heavy atom. The summed E-state index contributed by atoms with van der Waals surface area (Å²) in [5.74, 6) is -0.729. The minimum Gasteiger partial charge on any atom is -0.497 e. The topological polar surface area (TPSA) is 73.9 Å². The summed E-state index contributed by atoms with van der Waals surface area (Å²) in [6.07, 6.45) is 0.620. The van der Waals surface area contributed by atoms with Crippen LogP contribution < -0.4 is 20.3 Å². The summed E-state index contributed by atoms with van der Waals surface area (Å²) in [7, 11) is 1.62. The summed E-state index contributed by atoms with van der Waals surface area (Å²) >= 11 is 1.64. The lowest BCUT2D eigenvalue weighted by atomic mass is 10.0. The average Bonchev–Trinajstić information content (AvgIpc) is 3.44. The number of thiophene rings is 1. The van der Waals surface area contributed by atoms with Gasteiger partial charge >= 0.3 is 11.8 Å². The lowest BCUT2D eigenvalue weighted by Gasteiger charge is -2.42. The van der Waals surface area contributed by atoms with Crippen molar-refractivity contribution in [1.82, 2.24) is 15.5 Å². The van der Waals surface area contributed by atoms with Crippen LogP contribution in [0.5, 0.6) is 5.75 Å². The fourth-order valence-corrected chi connectivity index (χ4v) is 5.62. The maximum atomic E-state index is 13.3. The summed E-state index contributed by atoms with van der Waals surface area (Å²) in [6, 6.07) is 17.9. The predicted octanol–water partition coefficient (Wildman–Crippen LogP) is 3.62. The fourth-order valence-electron chi connectivity index (χ4n) is 4.66. The second kappa shape index (κ2) is 12.7. The van der Waals surface area contributed by atoms with E-state index in [1.54, 1.807) is 30.6 Å². The number of nitrogens with one attached hydrogen (secondary N) is 2. The summed E-state index contributed by atoms with van der Waals surface area (Å²) < 4.78 is 18.5. The summed E-state index contributed by atoms with van der Waals surface area (Å²) in [5, 5.41) is 7.67. The molecule has 2 aromatic carbocycles. The van der Waals surface area contributed by atoms with Gasteiger partial charge in [0, 0.05) is 49.3 Å². The SMILES string of the molecule is COc1ccc(CCNC(=O)C(=O)NC(C)C(c2cccs2)N2CCN(c3ccc(F)cc3)CC2)cc1. The van der Waals surface area contributed by atoms with Gasteiger partial charge in [0.25, 0.3) is 0 Å². The minimum absolute atomic E-state index is 0.0496. The first-order valence-electron chi connectivity index (χ1n) is 12.4. The zero-order valence-electron chi connectivity index (χ0n) is 21.2. The summed E-state index contributed by atoms with van der Waals surface area (Å²) in [5.41, 5.74) is 2.05. The lowest BCUT2D eigenvalue weighted by Crippen LogP contribution is -2.53. The number of halogens is 1. The van der Waals surface area contributed by atoms with Crippen molar-refractivity contribution in [2.45, 2.75) is 25.4 Å². The van der Waals surface area contributed by atoms with E-state index >= 15 is 0 Å². The van der Waals surface area contributed by atoms with Crippen LogP contribution in [0, 0.1) is 5.82 Å². The number of benzene rings is 2. The van der Waals surface area contributed by atoms with Gasteiger partial charge in [-0.1, -0.05) is 18.2 Å². The Morgan fingerprint density at radius 3 is 2.32 bits per heavy atom. The van der Waals surface area contributed by atoms with Crippen LogP contribution in [-0.2, 0) is 16.0 Å². The molecule has 7 nitrogen and oxygen atoms in total. The van der Waals surface area contributed by atoms with E-state index in [0.717, 1.165) is 48.1 Å². The molecule has 2 atom stereocenters. The Bertz CT molecular complexity index is 1150. The summed E-state index contributed by atoms with van der Waals surface area (Å²) in [6.45, 7) is 5.47. The molecule has 3 aromatic rings. The Labute approximate surface area is 221 Å². The number of carbonyl (C=O) groups excluding carboxylic acids is 2. The molecule has 1 fully saturated rings. The highest BCUT2D eigenvalue weighted by Crippen LogP contribution is 2.30. The first kappa shape index (κ1) is 26.6. The molecule has 9 heteroatoms. The van der Waals surface area contributed by atoms with Crippen LogP contribution in [-0.4, -0.2) is 62.6 Å². The van der Waals surface area contributed by atoms with E-state index in [1.165, 1.54) is 12.1 Å². The molecule has 2 N–H and O–H groups in total. The van der Waals surface area contributed by atoms with Crippen LogP contribution in [0.25, 0.3) is 0 Å². The van der Waals surface area contributed by atoms with E-state index in [4.69, 9.17) is 4.74 Å². The van der Waals surface area contributed by atoms with Gasteiger partial charge in [-0.05, 0) is 66.8 Å². The maximum absolute atomic E-state index is 13.3. The molecule has 2 heterocycles. The first-order valence-corrected chi connectivity index (χ1v) is 13.3. The third-order valence-corrected chi connectivity index (χ3v) is 7.57. The van der Waals surface area contributed by atoms with Crippen LogP contribution in [0.2, 0.25) is 0 Å². The molecule has 2 amide bonds. The van der Waals surface area contributed by atoms with Gasteiger partial charge in [-0.2, -0.15) is 0 Å². The van der Waals surface area contributed by atoms with Crippen molar-refractivity contribution in [2.75, 3.05) is 44.7 Å². The predicted molar refractivity (Wildman–Crippen MR) is 145 cm³/mol. The van der Waals surface area contributed by atoms with Crippen molar-refractivity contribution in [3.63, 3.8) is 0 Å². The van der Waals surface area contributed by atoms with Crippen molar-refractivity contribution in [1.29, 1.82) is 0 Å². The van der Waals surface area contributed by atoms with Crippen LogP contribution in [0.1, 0.15) is 23.4 Å². The van der Waals surface area contributed by atoms with Crippen molar-refractivity contribution in [2.24, 2.45) is 0 Å². The number of piperazine rings is 1. The van der Waals surface area contributed by atoms with Crippen LogP contribution in [0.3, 0.4) is 0 Å². The molecular formula is C28H33FN4O3S. The number of anilines is 1. The zero-order valence-corrected chi connectivity index (χ0v) is 22.0. The minimum atomic E-state index is -0.633. The Balaban J connectivity index is 1.31. The number of amides is 2. The number of rotatable bonds is 9. The highest BCUT2D eigenvalue weighted by molar-refractivity contribution is 7.10. The molecule has 196 valence electrons. The number of nitrogens with zero attached hydrogens (tertiary/aromatic N) is 2. The normalized spacial score (nSPS) is 15.6. The van der Waals surface area contributed by atoms with Gasteiger partial charge in [0.2, 0.25) is 0 Å². The molecule has 0 radical (unpaired) electrons. The van der Waals surface area contributed by atoms with E-state index in [2.05, 4.69) is 26.5 Å². The molecule has 37 heavy (non-hydrogen) atoms. The quantitative estimate of drug-likeness (QED) is 0.419. The molecule has 1 aliphatic rings. The van der Waals surface area contributed by atoms with E-state index in [-0.39, 0.29) is 17.9 Å². The molecule has 1 aromatic heterocycles. The highest BCUT2D eigenvalue weighted by Gasteiger charge is 2.32. The Morgan fingerprint density at radius 1 is 1.00 bits per heavy atom. The third-order valence-electron chi connectivity index (χ3n) is 6.63. The second-order valence-corrected chi connectivity index (χ2v) is 10.1. The van der Waals surface area contributed by atoms with Gasteiger partial charge < -0.3 is 20.3 Å². The Kier molecular flexibility index (Phi) is 9.14. The van der Waals surface area contributed by atoms with E-state index in [0.29, 0.717) is 13.0 Å². The van der Waals surface area contributed by atoms with Crippen molar-refractivity contribution in [3.05, 3.63) is 82.3 Å². The zero-order chi connectivity index (χ0) is 26.2. The Hall–Kier alpha value is -3.43. The molecule has 0 aliphatic carbocycles. The molecule has 4 rings (SSSR count). The summed E-state index contributed by atoms with van der Waals surface area (Å²) in [4.78, 5) is 30.9. The largest absolute Gasteiger partial charge is 0.497 e. The van der Waals surface area contributed by atoms with E-state index in [1.807, 2.05) is 42.6 Å². The lowest BCUT2D eigenvalue weighted by molar-refractivity contribution is -0.139. The number of carbonyl (C=O) groups is 2. The highest BCUT2D eigenvalue weighted by atomic mass is 32.1. The molecule has 2 unspecified atom stereocenters. The van der Waals surface area contributed by atoms with Crippen molar-refractivity contribution < 1.29 is 18.7 Å². The number of hydrogen-bond donors (Lipinski definition) is 2. The van der Waals surface area contributed by atoms with Gasteiger partial charge in [0.1, 0.15) is 11.6 Å². The number of ether oxygens (including phenoxy) is 1. The van der Waals surface area contributed by atoms with Crippen LogP contribution in [0.4, 0.5) is 10.1 Å². The molecule has 1 aliphatic heterocycles. The van der Waals surface area contributed by atoms with Gasteiger partial charge in [0.15, 0.2) is 0 Å². The molecule has 0 spiro atoms. The van der Waals surface area contributed by atoms with Crippen LogP contribution >= 0.6 is 11.3 Å². The third kappa shape index (κ3) is 7.08. The van der Waals surface area contributed by atoms with Gasteiger partial charge in [-0.3, -0.25) is 14.5 Å². The van der Waals surface area contributed by atoms with E-state index < -0.39 is 11.8 Å². The fraction of sp³-hybridized carbons (Fsp3) is 0.357. The maximum Gasteiger partial charge on any atom is 0.309 e. The molecule has 1 saturated heterocycles. The van der Waals surface area contributed by atoms with Gasteiger partial charge in [-0.15, -0.1) is 11.3 Å². The van der Waals surface area contributed by atoms with Crippen LogP contribution in [0.15, 0.2) is 66.0 Å². The van der Waals surface area contributed by atoms with Crippen molar-refractivity contribution in [3.8, 4) is 5.75 Å². The van der Waals surface area contributed by atoms with E-state index in [9.17, 15) is 14.0 Å². The number of methoxy groups -OCH3 is 1. The second-order valence-electron chi connectivity index (χ2n) is 9.08.